The number of aldehydes is 1. The number of rotatable bonds is 17. The highest BCUT2D eigenvalue weighted by Gasteiger charge is 1.95. The molecule has 0 aliphatic carbocycles. The highest BCUT2D eigenvalue weighted by molar-refractivity contribution is 5.48. The largest absolute Gasteiger partial charge is 0.303 e. The lowest BCUT2D eigenvalue weighted by atomic mass is 10.1. The molecule has 0 atom stereocenters. The number of carbonyl (C=O) groups is 1. The number of carbonyl (C=O) groups excluding carboxylic acids is 1. The maximum absolute atomic E-state index is 10.1. The molecule has 0 unspecified atom stereocenters. The van der Waals surface area contributed by atoms with Crippen LogP contribution in [-0.4, -0.2) is 17.8 Å². The second-order valence-corrected chi connectivity index (χ2v) is 5.95. The van der Waals surface area contributed by atoms with Gasteiger partial charge >= 0.3 is 0 Å². The van der Waals surface area contributed by atoms with Gasteiger partial charge in [0.15, 0.2) is 0 Å². The molecule has 0 radical (unpaired) electrons. The van der Waals surface area contributed by atoms with Crippen molar-refractivity contribution in [3.8, 4) is 0 Å². The van der Waals surface area contributed by atoms with Gasteiger partial charge in [0.1, 0.15) is 6.29 Å². The van der Waals surface area contributed by atoms with Crippen molar-refractivity contribution in [3.05, 3.63) is 22.3 Å². The van der Waals surface area contributed by atoms with Crippen molar-refractivity contribution >= 4 is 6.29 Å². The predicted molar refractivity (Wildman–Crippen MR) is 91.7 cm³/mol. The first-order chi connectivity index (χ1) is 10.8. The second kappa shape index (κ2) is 17.9. The van der Waals surface area contributed by atoms with Crippen LogP contribution in [0.4, 0.5) is 0 Å². The van der Waals surface area contributed by atoms with Crippen LogP contribution in [0.5, 0.6) is 0 Å². The Morgan fingerprint density at radius 3 is 1.50 bits per heavy atom. The quantitative estimate of drug-likeness (QED) is 0.117. The molecule has 0 aromatic carbocycles. The van der Waals surface area contributed by atoms with Crippen LogP contribution in [0.1, 0.15) is 89.9 Å². The molecule has 0 aliphatic rings. The molecule has 128 valence electrons. The summed E-state index contributed by atoms with van der Waals surface area (Å²) in [5.41, 5.74) is 0. The smallest absolute Gasteiger partial charge is 0.203 e. The minimum atomic E-state index is -0.231. The SMILES string of the molecule is O=CCCCCCCCCC/C=C\CCCCCC[N+](=O)[O-]. The van der Waals surface area contributed by atoms with Crippen molar-refractivity contribution in [1.82, 2.24) is 0 Å². The molecule has 4 heteroatoms. The molecule has 0 aromatic rings. The van der Waals surface area contributed by atoms with Crippen LogP contribution in [0.3, 0.4) is 0 Å². The van der Waals surface area contributed by atoms with Gasteiger partial charge < -0.3 is 4.79 Å². The second-order valence-electron chi connectivity index (χ2n) is 5.95. The Labute approximate surface area is 135 Å². The van der Waals surface area contributed by atoms with E-state index in [2.05, 4.69) is 12.2 Å². The molecule has 0 rings (SSSR count). The van der Waals surface area contributed by atoms with Crippen LogP contribution >= 0.6 is 0 Å². The van der Waals surface area contributed by atoms with Crippen LogP contribution in [0, 0.1) is 10.1 Å². The Morgan fingerprint density at radius 2 is 1.05 bits per heavy atom. The van der Waals surface area contributed by atoms with Crippen molar-refractivity contribution < 1.29 is 9.72 Å². The van der Waals surface area contributed by atoms with Crippen molar-refractivity contribution in [2.75, 3.05) is 6.54 Å². The zero-order valence-corrected chi connectivity index (χ0v) is 14.0. The summed E-state index contributed by atoms with van der Waals surface area (Å²) in [7, 11) is 0. The van der Waals surface area contributed by atoms with E-state index in [1.165, 1.54) is 44.9 Å². The van der Waals surface area contributed by atoms with E-state index in [4.69, 9.17) is 0 Å². The van der Waals surface area contributed by atoms with Crippen LogP contribution in [-0.2, 0) is 4.79 Å². The van der Waals surface area contributed by atoms with Gasteiger partial charge in [0.2, 0.25) is 6.54 Å². The third kappa shape index (κ3) is 18.8. The normalized spacial score (nSPS) is 11.1. The van der Waals surface area contributed by atoms with Gasteiger partial charge in [0, 0.05) is 17.8 Å². The van der Waals surface area contributed by atoms with Crippen LogP contribution in [0.25, 0.3) is 0 Å². The molecular formula is C18H33NO3. The van der Waals surface area contributed by atoms with Gasteiger partial charge in [-0.15, -0.1) is 0 Å². The summed E-state index contributed by atoms with van der Waals surface area (Å²) in [6, 6.07) is 0. The number of nitrogens with zero attached hydrogens (tertiary/aromatic N) is 1. The van der Waals surface area contributed by atoms with Crippen LogP contribution in [0.15, 0.2) is 12.2 Å². The maximum Gasteiger partial charge on any atom is 0.203 e. The Balaban J connectivity index is 3.08. The average molecular weight is 311 g/mol. The Bertz CT molecular complexity index is 290. The third-order valence-corrected chi connectivity index (χ3v) is 3.82. The van der Waals surface area contributed by atoms with Gasteiger partial charge in [-0.25, -0.2) is 0 Å². The van der Waals surface area contributed by atoms with Gasteiger partial charge in [0.25, 0.3) is 0 Å². The Hall–Kier alpha value is -1.19. The van der Waals surface area contributed by atoms with Gasteiger partial charge in [0.05, 0.1) is 0 Å². The molecular weight excluding hydrogens is 278 g/mol. The average Bonchev–Trinajstić information content (AvgIpc) is 2.50. The fourth-order valence-corrected chi connectivity index (χ4v) is 2.47. The molecule has 0 fully saturated rings. The van der Waals surface area contributed by atoms with Gasteiger partial charge in [-0.05, 0) is 38.5 Å². The zero-order chi connectivity index (χ0) is 16.3. The minimum absolute atomic E-state index is 0.118. The number of unbranched alkanes of at least 4 members (excludes halogenated alkanes) is 12. The van der Waals surface area contributed by atoms with E-state index in [0.717, 1.165) is 44.8 Å². The molecule has 0 amide bonds. The molecule has 0 aliphatic heterocycles. The van der Waals surface area contributed by atoms with E-state index in [9.17, 15) is 14.9 Å². The Kier molecular flexibility index (Phi) is 16.9. The lowest BCUT2D eigenvalue weighted by molar-refractivity contribution is -0.480. The van der Waals surface area contributed by atoms with Gasteiger partial charge in [-0.3, -0.25) is 10.1 Å². The molecule has 4 nitrogen and oxygen atoms in total. The first-order valence-electron chi connectivity index (χ1n) is 8.98. The fraction of sp³-hybridized carbons (Fsp3) is 0.833. The Morgan fingerprint density at radius 1 is 0.636 bits per heavy atom. The first kappa shape index (κ1) is 20.8. The molecule has 0 saturated carbocycles. The summed E-state index contributed by atoms with van der Waals surface area (Å²) >= 11 is 0. The zero-order valence-electron chi connectivity index (χ0n) is 14.0. The number of hydrogen-bond donors (Lipinski definition) is 0. The van der Waals surface area contributed by atoms with Crippen LogP contribution in [0.2, 0.25) is 0 Å². The highest BCUT2D eigenvalue weighted by Crippen LogP contribution is 2.10. The maximum atomic E-state index is 10.1. The van der Waals surface area contributed by atoms with E-state index in [0.29, 0.717) is 6.42 Å². The molecule has 0 bridgehead atoms. The van der Waals surface area contributed by atoms with Crippen molar-refractivity contribution in [2.45, 2.75) is 89.9 Å². The molecule has 0 aromatic heterocycles. The molecule has 0 spiro atoms. The van der Waals surface area contributed by atoms with E-state index in [1.54, 1.807) is 0 Å². The number of hydrogen-bond acceptors (Lipinski definition) is 3. The monoisotopic (exact) mass is 311 g/mol. The summed E-state index contributed by atoms with van der Waals surface area (Å²) in [6.07, 6.45) is 21.2. The van der Waals surface area contributed by atoms with E-state index < -0.39 is 0 Å². The highest BCUT2D eigenvalue weighted by atomic mass is 16.6. The predicted octanol–water partition coefficient (Wildman–Crippen LogP) is 5.48. The van der Waals surface area contributed by atoms with Crippen molar-refractivity contribution in [2.24, 2.45) is 0 Å². The van der Waals surface area contributed by atoms with Gasteiger partial charge in [-0.2, -0.15) is 0 Å². The number of nitro groups is 1. The van der Waals surface area contributed by atoms with Crippen LogP contribution < -0.4 is 0 Å². The van der Waals surface area contributed by atoms with E-state index in [-0.39, 0.29) is 11.5 Å². The molecule has 0 N–H and O–H groups in total. The molecule has 0 saturated heterocycles. The van der Waals surface area contributed by atoms with E-state index in [1.807, 2.05) is 0 Å². The third-order valence-electron chi connectivity index (χ3n) is 3.82. The number of allylic oxidation sites excluding steroid dienone is 2. The lowest BCUT2D eigenvalue weighted by Gasteiger charge is -1.99. The summed E-state index contributed by atoms with van der Waals surface area (Å²) in [4.78, 5) is 20.1. The molecule has 22 heavy (non-hydrogen) atoms. The fourth-order valence-electron chi connectivity index (χ4n) is 2.47. The minimum Gasteiger partial charge on any atom is -0.303 e. The van der Waals surface area contributed by atoms with E-state index >= 15 is 0 Å². The van der Waals surface area contributed by atoms with Crippen molar-refractivity contribution in [1.29, 1.82) is 0 Å². The lowest BCUT2D eigenvalue weighted by Crippen LogP contribution is -1.99. The summed E-state index contributed by atoms with van der Waals surface area (Å²) < 4.78 is 0. The summed E-state index contributed by atoms with van der Waals surface area (Å²) in [5, 5.41) is 10.1. The topological polar surface area (TPSA) is 60.2 Å². The molecule has 0 heterocycles. The van der Waals surface area contributed by atoms with Crippen molar-refractivity contribution in [3.63, 3.8) is 0 Å². The first-order valence-corrected chi connectivity index (χ1v) is 8.98. The van der Waals surface area contributed by atoms with Gasteiger partial charge in [-0.1, -0.05) is 50.7 Å². The summed E-state index contributed by atoms with van der Waals surface area (Å²) in [6.45, 7) is 0.118. The summed E-state index contributed by atoms with van der Waals surface area (Å²) in [5.74, 6) is 0. The standard InChI is InChI=1S/C18H33NO3/c20-18-16-14-12-10-8-6-4-2-1-3-5-7-9-11-13-15-17-19(21)22/h3,5,18H,1-2,4,6-17H2/b5-3-.